The van der Waals surface area contributed by atoms with E-state index in [0.717, 1.165) is 25.2 Å². The van der Waals surface area contributed by atoms with Crippen molar-refractivity contribution >= 4 is 17.4 Å². The number of halogens is 1. The molecule has 1 aromatic rings. The Kier molecular flexibility index (Phi) is 5.26. The highest BCUT2D eigenvalue weighted by Crippen LogP contribution is 2.21. The second-order valence-electron chi connectivity index (χ2n) is 5.45. The normalized spacial score (nSPS) is 13.5. The molecule has 2 nitrogen and oxygen atoms in total. The SMILES string of the molecule is CCCC(Cl)CNc1ccc(C(C)(C)C)cn1. The maximum atomic E-state index is 6.14. The molecule has 1 atom stereocenters. The van der Waals surface area contributed by atoms with Crippen molar-refractivity contribution in [2.75, 3.05) is 11.9 Å². The number of nitrogens with zero attached hydrogens (tertiary/aromatic N) is 1. The minimum absolute atomic E-state index is 0.156. The molecule has 17 heavy (non-hydrogen) atoms. The second kappa shape index (κ2) is 6.25. The van der Waals surface area contributed by atoms with Crippen LogP contribution in [0.4, 0.5) is 5.82 Å². The van der Waals surface area contributed by atoms with E-state index in [4.69, 9.17) is 11.6 Å². The van der Waals surface area contributed by atoms with Crippen molar-refractivity contribution in [3.63, 3.8) is 0 Å². The van der Waals surface area contributed by atoms with E-state index in [0.29, 0.717) is 0 Å². The van der Waals surface area contributed by atoms with Crippen LogP contribution in [-0.2, 0) is 5.41 Å². The van der Waals surface area contributed by atoms with Crippen molar-refractivity contribution in [3.05, 3.63) is 23.9 Å². The fraction of sp³-hybridized carbons (Fsp3) is 0.643. The molecule has 1 heterocycles. The highest BCUT2D eigenvalue weighted by molar-refractivity contribution is 6.20. The number of hydrogen-bond donors (Lipinski definition) is 1. The summed E-state index contributed by atoms with van der Waals surface area (Å²) >= 11 is 6.14. The third-order valence-electron chi connectivity index (χ3n) is 2.74. The molecule has 0 aliphatic heterocycles. The third-order valence-corrected chi connectivity index (χ3v) is 3.11. The van der Waals surface area contributed by atoms with Crippen molar-refractivity contribution in [2.45, 2.75) is 51.3 Å². The van der Waals surface area contributed by atoms with Gasteiger partial charge in [-0.25, -0.2) is 4.98 Å². The van der Waals surface area contributed by atoms with E-state index in [2.05, 4.69) is 44.1 Å². The molecule has 0 amide bonds. The summed E-state index contributed by atoms with van der Waals surface area (Å²) in [4.78, 5) is 4.41. The van der Waals surface area contributed by atoms with Gasteiger partial charge in [0.25, 0.3) is 0 Å². The number of aromatic nitrogens is 1. The summed E-state index contributed by atoms with van der Waals surface area (Å²) in [6, 6.07) is 4.15. The van der Waals surface area contributed by atoms with Gasteiger partial charge >= 0.3 is 0 Å². The minimum Gasteiger partial charge on any atom is -0.369 e. The van der Waals surface area contributed by atoms with E-state index < -0.39 is 0 Å². The first-order valence-corrected chi connectivity index (χ1v) is 6.71. The predicted octanol–water partition coefficient (Wildman–Crippen LogP) is 4.20. The highest BCUT2D eigenvalue weighted by atomic mass is 35.5. The Bertz CT molecular complexity index is 327. The quantitative estimate of drug-likeness (QED) is 0.797. The molecule has 3 heteroatoms. The lowest BCUT2D eigenvalue weighted by molar-refractivity contribution is 0.587. The van der Waals surface area contributed by atoms with Crippen LogP contribution in [0.2, 0.25) is 0 Å². The number of anilines is 1. The molecule has 0 saturated heterocycles. The van der Waals surface area contributed by atoms with E-state index in [1.54, 1.807) is 0 Å². The summed E-state index contributed by atoms with van der Waals surface area (Å²) < 4.78 is 0. The molecule has 1 N–H and O–H groups in total. The molecular weight excluding hydrogens is 232 g/mol. The Morgan fingerprint density at radius 2 is 2.06 bits per heavy atom. The molecule has 0 aliphatic carbocycles. The number of nitrogens with one attached hydrogen (secondary N) is 1. The fourth-order valence-corrected chi connectivity index (χ4v) is 1.87. The van der Waals surface area contributed by atoms with Gasteiger partial charge in [0, 0.05) is 12.7 Å². The third kappa shape index (κ3) is 4.95. The van der Waals surface area contributed by atoms with E-state index >= 15 is 0 Å². The molecule has 0 bridgehead atoms. The molecule has 0 radical (unpaired) electrons. The Hall–Kier alpha value is -0.760. The van der Waals surface area contributed by atoms with Gasteiger partial charge in [0.1, 0.15) is 5.82 Å². The Balaban J connectivity index is 2.51. The van der Waals surface area contributed by atoms with E-state index in [1.807, 2.05) is 12.3 Å². The predicted molar refractivity (Wildman–Crippen MR) is 76.0 cm³/mol. The molecule has 1 unspecified atom stereocenters. The van der Waals surface area contributed by atoms with Gasteiger partial charge in [-0.15, -0.1) is 11.6 Å². The molecule has 1 aromatic heterocycles. The van der Waals surface area contributed by atoms with Crippen LogP contribution in [0.15, 0.2) is 18.3 Å². The zero-order valence-corrected chi connectivity index (χ0v) is 12.0. The highest BCUT2D eigenvalue weighted by Gasteiger charge is 2.13. The maximum absolute atomic E-state index is 6.14. The summed E-state index contributed by atoms with van der Waals surface area (Å²) in [7, 11) is 0. The molecule has 0 aliphatic rings. The van der Waals surface area contributed by atoms with Gasteiger partial charge in [-0.1, -0.05) is 40.2 Å². The molecule has 0 aromatic carbocycles. The lowest BCUT2D eigenvalue weighted by Crippen LogP contribution is -2.15. The first-order chi connectivity index (χ1) is 7.93. The first-order valence-electron chi connectivity index (χ1n) is 6.28. The van der Waals surface area contributed by atoms with Crippen LogP contribution >= 0.6 is 11.6 Å². The molecule has 0 saturated carbocycles. The van der Waals surface area contributed by atoms with Gasteiger partial charge < -0.3 is 5.32 Å². The van der Waals surface area contributed by atoms with E-state index in [-0.39, 0.29) is 10.8 Å². The summed E-state index contributed by atoms with van der Waals surface area (Å²) in [6.45, 7) is 9.48. The number of hydrogen-bond acceptors (Lipinski definition) is 2. The summed E-state index contributed by atoms with van der Waals surface area (Å²) in [5.74, 6) is 0.903. The van der Waals surface area contributed by atoms with Crippen LogP contribution in [0.25, 0.3) is 0 Å². The summed E-state index contributed by atoms with van der Waals surface area (Å²) in [5, 5.41) is 3.45. The zero-order valence-electron chi connectivity index (χ0n) is 11.3. The van der Waals surface area contributed by atoms with Gasteiger partial charge in [0.05, 0.1) is 5.38 Å². The van der Waals surface area contributed by atoms with Gasteiger partial charge in [-0.05, 0) is 23.5 Å². The van der Waals surface area contributed by atoms with Crippen LogP contribution in [0.5, 0.6) is 0 Å². The number of rotatable bonds is 5. The van der Waals surface area contributed by atoms with Crippen LogP contribution < -0.4 is 5.32 Å². The van der Waals surface area contributed by atoms with Gasteiger partial charge in [0.2, 0.25) is 0 Å². The summed E-state index contributed by atoms with van der Waals surface area (Å²) in [6.07, 6.45) is 4.09. The maximum Gasteiger partial charge on any atom is 0.125 e. The number of alkyl halides is 1. The lowest BCUT2D eigenvalue weighted by Gasteiger charge is -2.18. The first kappa shape index (κ1) is 14.3. The summed E-state index contributed by atoms with van der Waals surface area (Å²) in [5.41, 5.74) is 1.40. The Morgan fingerprint density at radius 1 is 1.35 bits per heavy atom. The monoisotopic (exact) mass is 254 g/mol. The van der Waals surface area contributed by atoms with Gasteiger partial charge in [-0.3, -0.25) is 0 Å². The molecule has 0 fully saturated rings. The van der Waals surface area contributed by atoms with Crippen molar-refractivity contribution < 1.29 is 0 Å². The molecule has 96 valence electrons. The Morgan fingerprint density at radius 3 is 2.53 bits per heavy atom. The van der Waals surface area contributed by atoms with Crippen molar-refractivity contribution in [3.8, 4) is 0 Å². The van der Waals surface area contributed by atoms with Crippen LogP contribution in [-0.4, -0.2) is 16.9 Å². The lowest BCUT2D eigenvalue weighted by atomic mass is 9.88. The average Bonchev–Trinajstić information content (AvgIpc) is 2.26. The minimum atomic E-state index is 0.156. The standard InChI is InChI=1S/C14H23ClN2/c1-5-6-12(15)10-17-13-8-7-11(9-16-13)14(2,3)4/h7-9,12H,5-6,10H2,1-4H3,(H,16,17). The van der Waals surface area contributed by atoms with Crippen molar-refractivity contribution in [1.82, 2.24) is 4.98 Å². The molecule has 1 rings (SSSR count). The van der Waals surface area contributed by atoms with Crippen LogP contribution in [0, 0.1) is 0 Å². The van der Waals surface area contributed by atoms with Crippen molar-refractivity contribution in [1.29, 1.82) is 0 Å². The largest absolute Gasteiger partial charge is 0.369 e. The van der Waals surface area contributed by atoms with Crippen LogP contribution in [0.1, 0.15) is 46.1 Å². The van der Waals surface area contributed by atoms with Gasteiger partial charge in [0.15, 0.2) is 0 Å². The van der Waals surface area contributed by atoms with E-state index in [9.17, 15) is 0 Å². The number of pyridine rings is 1. The van der Waals surface area contributed by atoms with Gasteiger partial charge in [-0.2, -0.15) is 0 Å². The molecule has 0 spiro atoms. The second-order valence-corrected chi connectivity index (χ2v) is 6.07. The fourth-order valence-electron chi connectivity index (χ4n) is 1.57. The zero-order chi connectivity index (χ0) is 12.9. The van der Waals surface area contributed by atoms with E-state index in [1.165, 1.54) is 5.56 Å². The smallest absolute Gasteiger partial charge is 0.125 e. The van der Waals surface area contributed by atoms with Crippen LogP contribution in [0.3, 0.4) is 0 Å². The average molecular weight is 255 g/mol. The topological polar surface area (TPSA) is 24.9 Å². The molecular formula is C14H23ClN2. The Labute approximate surface area is 110 Å². The van der Waals surface area contributed by atoms with Crippen molar-refractivity contribution in [2.24, 2.45) is 0 Å².